The van der Waals surface area contributed by atoms with Crippen molar-refractivity contribution in [2.75, 3.05) is 14.2 Å². The number of benzene rings is 3. The zero-order chi connectivity index (χ0) is 25.4. The van der Waals surface area contributed by atoms with E-state index in [4.69, 9.17) is 13.9 Å². The average molecular weight is 506 g/mol. The molecule has 0 unspecified atom stereocenters. The first-order valence-electron chi connectivity index (χ1n) is 10.9. The van der Waals surface area contributed by atoms with Crippen LogP contribution in [0, 0.1) is 5.82 Å². The minimum Gasteiger partial charge on any atom is -0.505 e. The molecule has 0 aliphatic rings. The first-order chi connectivity index (χ1) is 17.4. The van der Waals surface area contributed by atoms with Crippen LogP contribution < -0.4 is 20.7 Å². The number of rotatable bonds is 6. The van der Waals surface area contributed by atoms with Gasteiger partial charge in [-0.2, -0.15) is 0 Å². The molecule has 0 aliphatic carbocycles. The van der Waals surface area contributed by atoms with E-state index >= 15 is 0 Å². The number of aromatic hydroxyl groups is 1. The maximum absolute atomic E-state index is 13.7. The largest absolute Gasteiger partial charge is 0.505 e. The number of nitrogens with zero attached hydrogens (tertiary/aromatic N) is 1. The first-order valence-corrected chi connectivity index (χ1v) is 11.7. The predicted octanol–water partition coefficient (Wildman–Crippen LogP) is 5.17. The van der Waals surface area contributed by atoms with Gasteiger partial charge in [-0.05, 0) is 48.0 Å². The lowest BCUT2D eigenvalue weighted by atomic mass is 10.1. The number of hydrogen-bond donors (Lipinski definition) is 1. The van der Waals surface area contributed by atoms with Gasteiger partial charge in [0.1, 0.15) is 27.6 Å². The number of fused-ring (bicyclic) bond motifs is 3. The molecule has 1 N–H and O–H groups in total. The fourth-order valence-corrected chi connectivity index (χ4v) is 4.97. The highest BCUT2D eigenvalue weighted by Gasteiger charge is 2.23. The number of ether oxygens (including phenoxy) is 2. The van der Waals surface area contributed by atoms with Gasteiger partial charge >= 0.3 is 5.63 Å². The Morgan fingerprint density at radius 2 is 1.75 bits per heavy atom. The van der Waals surface area contributed by atoms with Gasteiger partial charge in [0.25, 0.3) is 5.56 Å². The van der Waals surface area contributed by atoms with Crippen LogP contribution in [0.25, 0.3) is 21.9 Å². The van der Waals surface area contributed by atoms with E-state index in [9.17, 15) is 19.1 Å². The normalized spacial score (nSPS) is 11.2. The van der Waals surface area contributed by atoms with Gasteiger partial charge in [-0.15, -0.1) is 0 Å². The summed E-state index contributed by atoms with van der Waals surface area (Å²) >= 11 is 0.944. The molecule has 2 heterocycles. The number of halogens is 1. The number of para-hydroxylation sites is 1. The number of hydrogen-bond acceptors (Lipinski definition) is 7. The highest BCUT2D eigenvalue weighted by Crippen LogP contribution is 2.40. The van der Waals surface area contributed by atoms with Crippen molar-refractivity contribution in [2.45, 2.75) is 16.3 Å². The van der Waals surface area contributed by atoms with E-state index in [0.29, 0.717) is 32.9 Å². The summed E-state index contributed by atoms with van der Waals surface area (Å²) in [5.74, 6) is 0.0973. The van der Waals surface area contributed by atoms with Crippen molar-refractivity contribution >= 4 is 33.6 Å². The van der Waals surface area contributed by atoms with E-state index in [1.165, 1.54) is 30.9 Å². The summed E-state index contributed by atoms with van der Waals surface area (Å²) in [6.07, 6.45) is 0. The van der Waals surface area contributed by atoms with E-state index in [0.717, 1.165) is 11.8 Å². The van der Waals surface area contributed by atoms with Gasteiger partial charge in [0.15, 0.2) is 11.3 Å². The predicted molar refractivity (Wildman–Crippen MR) is 135 cm³/mol. The van der Waals surface area contributed by atoms with Crippen molar-refractivity contribution in [2.24, 2.45) is 0 Å². The Morgan fingerprint density at radius 3 is 2.47 bits per heavy atom. The monoisotopic (exact) mass is 505 g/mol. The lowest BCUT2D eigenvalue weighted by Gasteiger charge is -2.15. The molecule has 0 spiro atoms. The molecule has 0 atom stereocenters. The minimum atomic E-state index is -0.796. The number of methoxy groups -OCH3 is 2. The maximum Gasteiger partial charge on any atom is 0.354 e. The summed E-state index contributed by atoms with van der Waals surface area (Å²) in [5.41, 5.74) is -0.261. The standard InChI is InChI=1S/C27H20FNO6S/c1-33-17-11-12-19-18(13-17)24-22(26(31)29(19)14-15-7-9-16(28)10-8-15)23(30)25(27(32)35-24)36-21-6-4-3-5-20(21)34-2/h3-13,30H,14H2,1-2H3. The van der Waals surface area contributed by atoms with Crippen LogP contribution in [-0.4, -0.2) is 23.9 Å². The molecule has 9 heteroatoms. The lowest BCUT2D eigenvalue weighted by Crippen LogP contribution is -2.23. The topological polar surface area (TPSA) is 90.9 Å². The van der Waals surface area contributed by atoms with Crippen LogP contribution in [0.3, 0.4) is 0 Å². The molecule has 0 radical (unpaired) electrons. The van der Waals surface area contributed by atoms with Crippen molar-refractivity contribution < 1.29 is 23.4 Å². The molecule has 5 rings (SSSR count). The molecule has 0 amide bonds. The maximum atomic E-state index is 13.7. The van der Waals surface area contributed by atoms with Crippen molar-refractivity contribution in [3.8, 4) is 17.2 Å². The first kappa shape index (κ1) is 23.5. The Bertz CT molecular complexity index is 1730. The molecule has 0 fully saturated rings. The molecule has 36 heavy (non-hydrogen) atoms. The van der Waals surface area contributed by atoms with E-state index in [1.54, 1.807) is 54.6 Å². The molecule has 0 bridgehead atoms. The van der Waals surface area contributed by atoms with Gasteiger partial charge in [0.2, 0.25) is 0 Å². The molecular weight excluding hydrogens is 485 g/mol. The molecule has 5 aromatic rings. The van der Waals surface area contributed by atoms with E-state index in [-0.39, 0.29) is 22.4 Å². The van der Waals surface area contributed by atoms with Crippen molar-refractivity contribution in [3.63, 3.8) is 0 Å². The summed E-state index contributed by atoms with van der Waals surface area (Å²) in [7, 11) is 2.99. The second-order valence-corrected chi connectivity index (χ2v) is 8.98. The van der Waals surface area contributed by atoms with Gasteiger partial charge in [-0.25, -0.2) is 9.18 Å². The second-order valence-electron chi connectivity index (χ2n) is 7.93. The third-order valence-electron chi connectivity index (χ3n) is 5.79. The summed E-state index contributed by atoms with van der Waals surface area (Å²) in [4.78, 5) is 27.2. The minimum absolute atomic E-state index is 0.0452. The Hall–Kier alpha value is -4.24. The van der Waals surface area contributed by atoms with E-state index in [1.807, 2.05) is 0 Å². The number of aromatic nitrogens is 1. The fourth-order valence-electron chi connectivity index (χ4n) is 4.03. The quantitative estimate of drug-likeness (QED) is 0.319. The van der Waals surface area contributed by atoms with Gasteiger partial charge in [-0.3, -0.25) is 4.79 Å². The van der Waals surface area contributed by atoms with Crippen molar-refractivity contribution in [3.05, 3.63) is 98.9 Å². The van der Waals surface area contributed by atoms with Gasteiger partial charge in [0, 0.05) is 5.39 Å². The molecule has 2 aromatic heterocycles. The third kappa shape index (κ3) is 4.07. The Kier molecular flexibility index (Phi) is 6.15. The third-order valence-corrected chi connectivity index (χ3v) is 6.91. The van der Waals surface area contributed by atoms with Crippen LogP contribution >= 0.6 is 11.8 Å². The zero-order valence-corrected chi connectivity index (χ0v) is 20.1. The van der Waals surface area contributed by atoms with Crippen LogP contribution in [0.2, 0.25) is 0 Å². The molecule has 0 aliphatic heterocycles. The zero-order valence-electron chi connectivity index (χ0n) is 19.3. The molecule has 0 saturated carbocycles. The highest BCUT2D eigenvalue weighted by molar-refractivity contribution is 7.99. The van der Waals surface area contributed by atoms with Gasteiger partial charge in [0.05, 0.1) is 31.2 Å². The van der Waals surface area contributed by atoms with Crippen LogP contribution in [0.1, 0.15) is 5.56 Å². The van der Waals surface area contributed by atoms with Crippen molar-refractivity contribution in [1.29, 1.82) is 0 Å². The number of pyridine rings is 1. The Morgan fingerprint density at radius 1 is 1.00 bits per heavy atom. The molecule has 7 nitrogen and oxygen atoms in total. The highest BCUT2D eigenvalue weighted by atomic mass is 32.2. The molecule has 0 saturated heterocycles. The van der Waals surface area contributed by atoms with Crippen LogP contribution in [0.4, 0.5) is 4.39 Å². The lowest BCUT2D eigenvalue weighted by molar-refractivity contribution is 0.404. The van der Waals surface area contributed by atoms with E-state index in [2.05, 4.69) is 0 Å². The fraction of sp³-hybridized carbons (Fsp3) is 0.111. The summed E-state index contributed by atoms with van der Waals surface area (Å²) in [6, 6.07) is 17.8. The molecular formula is C27H20FNO6S. The summed E-state index contributed by atoms with van der Waals surface area (Å²) < 4.78 is 31.2. The smallest absolute Gasteiger partial charge is 0.354 e. The Balaban J connectivity index is 1.80. The Labute approximate surface area is 208 Å². The molecule has 3 aromatic carbocycles. The van der Waals surface area contributed by atoms with Crippen molar-refractivity contribution in [1.82, 2.24) is 4.57 Å². The van der Waals surface area contributed by atoms with Crippen LogP contribution in [0.15, 0.2) is 90.5 Å². The van der Waals surface area contributed by atoms with Crippen LogP contribution in [0.5, 0.6) is 17.2 Å². The second kappa shape index (κ2) is 9.43. The SMILES string of the molecule is COc1ccc2c(c1)c1oc(=O)c(Sc3ccccc3OC)c(O)c1c(=O)n2Cc1ccc(F)cc1. The average Bonchev–Trinajstić information content (AvgIpc) is 2.89. The van der Waals surface area contributed by atoms with Crippen LogP contribution in [-0.2, 0) is 6.54 Å². The summed E-state index contributed by atoms with van der Waals surface area (Å²) in [6.45, 7) is 0.103. The van der Waals surface area contributed by atoms with Gasteiger partial charge in [-0.1, -0.05) is 36.0 Å². The van der Waals surface area contributed by atoms with Gasteiger partial charge < -0.3 is 23.6 Å². The molecule has 182 valence electrons. The summed E-state index contributed by atoms with van der Waals surface area (Å²) in [5, 5.41) is 11.5. The van der Waals surface area contributed by atoms with E-state index < -0.39 is 22.8 Å².